The number of hydrogen-bond donors (Lipinski definition) is 1. The number of amides is 1. The van der Waals surface area contributed by atoms with Crippen LogP contribution < -0.4 is 9.62 Å². The SMILES string of the molecule is CCCCS(=O)(=O)Nc1ccc2c(c1)CCC(=O)N2CC. The van der Waals surface area contributed by atoms with Gasteiger partial charge in [0.2, 0.25) is 15.9 Å². The highest BCUT2D eigenvalue weighted by atomic mass is 32.2. The van der Waals surface area contributed by atoms with Crippen molar-refractivity contribution in [3.63, 3.8) is 0 Å². The number of unbranched alkanes of at least 4 members (excludes halogenated alkanes) is 1. The van der Waals surface area contributed by atoms with Crippen molar-refractivity contribution in [3.8, 4) is 0 Å². The van der Waals surface area contributed by atoms with E-state index in [1.807, 2.05) is 26.0 Å². The van der Waals surface area contributed by atoms with E-state index in [4.69, 9.17) is 0 Å². The van der Waals surface area contributed by atoms with E-state index in [-0.39, 0.29) is 11.7 Å². The zero-order valence-electron chi connectivity index (χ0n) is 12.6. The number of carbonyl (C=O) groups excluding carboxylic acids is 1. The van der Waals surface area contributed by atoms with E-state index >= 15 is 0 Å². The van der Waals surface area contributed by atoms with E-state index in [0.717, 1.165) is 17.7 Å². The first-order valence-corrected chi connectivity index (χ1v) is 9.06. The van der Waals surface area contributed by atoms with Gasteiger partial charge in [-0.3, -0.25) is 9.52 Å². The number of sulfonamides is 1. The molecular weight excluding hydrogens is 288 g/mol. The van der Waals surface area contributed by atoms with Crippen molar-refractivity contribution in [2.45, 2.75) is 39.5 Å². The van der Waals surface area contributed by atoms with Crippen LogP contribution in [0.25, 0.3) is 0 Å². The number of carbonyl (C=O) groups is 1. The lowest BCUT2D eigenvalue weighted by Crippen LogP contribution is -2.34. The summed E-state index contributed by atoms with van der Waals surface area (Å²) < 4.78 is 26.5. The minimum Gasteiger partial charge on any atom is -0.312 e. The summed E-state index contributed by atoms with van der Waals surface area (Å²) in [5.74, 6) is 0.265. The molecule has 5 nitrogen and oxygen atoms in total. The third-order valence-corrected chi connectivity index (χ3v) is 5.01. The van der Waals surface area contributed by atoms with Crippen LogP contribution in [0.3, 0.4) is 0 Å². The molecule has 0 fully saturated rings. The maximum atomic E-state index is 11.9. The van der Waals surface area contributed by atoms with E-state index in [2.05, 4.69) is 4.72 Å². The molecule has 116 valence electrons. The first-order valence-electron chi connectivity index (χ1n) is 7.40. The van der Waals surface area contributed by atoms with E-state index in [1.54, 1.807) is 11.0 Å². The Labute approximate surface area is 126 Å². The molecule has 1 heterocycles. The number of anilines is 2. The van der Waals surface area contributed by atoms with Gasteiger partial charge in [0.1, 0.15) is 0 Å². The Kier molecular flexibility index (Phi) is 4.88. The summed E-state index contributed by atoms with van der Waals surface area (Å²) in [6, 6.07) is 5.39. The summed E-state index contributed by atoms with van der Waals surface area (Å²) in [4.78, 5) is 13.6. The Morgan fingerprint density at radius 2 is 2.00 bits per heavy atom. The topological polar surface area (TPSA) is 66.5 Å². The molecule has 1 aliphatic rings. The molecule has 0 bridgehead atoms. The highest BCUT2D eigenvalue weighted by Crippen LogP contribution is 2.30. The quantitative estimate of drug-likeness (QED) is 0.878. The predicted molar refractivity (Wildman–Crippen MR) is 85.1 cm³/mol. The second kappa shape index (κ2) is 6.47. The van der Waals surface area contributed by atoms with Crippen molar-refractivity contribution in [3.05, 3.63) is 23.8 Å². The van der Waals surface area contributed by atoms with Gasteiger partial charge < -0.3 is 4.90 Å². The van der Waals surface area contributed by atoms with E-state index in [0.29, 0.717) is 31.5 Å². The van der Waals surface area contributed by atoms with Gasteiger partial charge in [-0.1, -0.05) is 13.3 Å². The first-order chi connectivity index (χ1) is 9.96. The van der Waals surface area contributed by atoms with Gasteiger partial charge in [-0.15, -0.1) is 0 Å². The monoisotopic (exact) mass is 310 g/mol. The summed E-state index contributed by atoms with van der Waals surface area (Å²) >= 11 is 0. The average Bonchev–Trinajstić information content (AvgIpc) is 2.45. The van der Waals surface area contributed by atoms with Crippen LogP contribution in [0, 0.1) is 0 Å². The van der Waals surface area contributed by atoms with Gasteiger partial charge in [0, 0.05) is 24.3 Å². The third-order valence-electron chi connectivity index (χ3n) is 3.64. The molecule has 2 rings (SSSR count). The highest BCUT2D eigenvalue weighted by molar-refractivity contribution is 7.92. The second-order valence-electron chi connectivity index (χ2n) is 5.26. The summed E-state index contributed by atoms with van der Waals surface area (Å²) in [6.45, 7) is 4.53. The smallest absolute Gasteiger partial charge is 0.232 e. The molecule has 1 aromatic rings. The number of nitrogens with zero attached hydrogens (tertiary/aromatic N) is 1. The minimum atomic E-state index is -3.28. The average molecular weight is 310 g/mol. The van der Waals surface area contributed by atoms with Crippen molar-refractivity contribution >= 4 is 27.3 Å². The van der Waals surface area contributed by atoms with Gasteiger partial charge in [0.15, 0.2) is 0 Å². The van der Waals surface area contributed by atoms with Crippen molar-refractivity contribution in [2.75, 3.05) is 21.9 Å². The molecule has 0 unspecified atom stereocenters. The van der Waals surface area contributed by atoms with Crippen molar-refractivity contribution in [1.82, 2.24) is 0 Å². The van der Waals surface area contributed by atoms with Crippen LogP contribution in [0.5, 0.6) is 0 Å². The molecule has 0 atom stereocenters. The molecule has 0 spiro atoms. The number of rotatable bonds is 6. The van der Waals surface area contributed by atoms with E-state index in [1.165, 1.54) is 0 Å². The number of nitrogens with one attached hydrogen (secondary N) is 1. The molecule has 1 N–H and O–H groups in total. The summed E-state index contributed by atoms with van der Waals surface area (Å²) in [5.41, 5.74) is 2.49. The Hall–Kier alpha value is -1.56. The van der Waals surface area contributed by atoms with Crippen LogP contribution in [-0.2, 0) is 21.2 Å². The molecule has 0 saturated heterocycles. The zero-order chi connectivity index (χ0) is 15.5. The highest BCUT2D eigenvalue weighted by Gasteiger charge is 2.23. The molecule has 0 aliphatic carbocycles. The standard InChI is InChI=1S/C15H22N2O3S/c1-3-5-10-21(19,20)16-13-7-8-14-12(11-13)6-9-15(18)17(14)4-2/h7-8,11,16H,3-6,9-10H2,1-2H3. The minimum absolute atomic E-state index is 0.126. The number of hydrogen-bond acceptors (Lipinski definition) is 3. The molecular formula is C15H22N2O3S. The normalized spacial score (nSPS) is 15.0. The van der Waals surface area contributed by atoms with Crippen molar-refractivity contribution < 1.29 is 13.2 Å². The first kappa shape index (κ1) is 15.8. The zero-order valence-corrected chi connectivity index (χ0v) is 13.4. The van der Waals surface area contributed by atoms with Crippen LogP contribution in [0.4, 0.5) is 11.4 Å². The lowest BCUT2D eigenvalue weighted by Gasteiger charge is -2.28. The summed E-state index contributed by atoms with van der Waals surface area (Å²) in [5, 5.41) is 0. The van der Waals surface area contributed by atoms with Gasteiger partial charge in [-0.2, -0.15) is 0 Å². The van der Waals surface area contributed by atoms with Gasteiger partial charge in [0.25, 0.3) is 0 Å². The number of fused-ring (bicyclic) bond motifs is 1. The predicted octanol–water partition coefficient (Wildman–Crippen LogP) is 2.53. The lowest BCUT2D eigenvalue weighted by atomic mass is 10.0. The van der Waals surface area contributed by atoms with Gasteiger partial charge >= 0.3 is 0 Å². The fourth-order valence-corrected chi connectivity index (χ4v) is 3.79. The summed E-state index contributed by atoms with van der Waals surface area (Å²) in [6.07, 6.45) is 2.64. The molecule has 0 radical (unpaired) electrons. The molecule has 1 aromatic carbocycles. The molecule has 21 heavy (non-hydrogen) atoms. The summed E-state index contributed by atoms with van der Waals surface area (Å²) in [7, 11) is -3.28. The Balaban J connectivity index is 2.20. The van der Waals surface area contributed by atoms with Gasteiger partial charge in [-0.05, 0) is 43.5 Å². The number of benzene rings is 1. The number of aryl methyl sites for hydroxylation is 1. The maximum Gasteiger partial charge on any atom is 0.232 e. The van der Waals surface area contributed by atoms with Crippen LogP contribution in [0.2, 0.25) is 0 Å². The molecule has 0 saturated carbocycles. The Bertz CT molecular complexity index is 626. The maximum absolute atomic E-state index is 11.9. The van der Waals surface area contributed by atoms with Crippen LogP contribution in [0.15, 0.2) is 18.2 Å². The molecule has 6 heteroatoms. The Morgan fingerprint density at radius 1 is 1.24 bits per heavy atom. The van der Waals surface area contributed by atoms with Crippen LogP contribution in [0.1, 0.15) is 38.7 Å². The largest absolute Gasteiger partial charge is 0.312 e. The van der Waals surface area contributed by atoms with Crippen molar-refractivity contribution in [1.29, 1.82) is 0 Å². The Morgan fingerprint density at radius 3 is 2.67 bits per heavy atom. The molecule has 0 aromatic heterocycles. The molecule has 1 aliphatic heterocycles. The third kappa shape index (κ3) is 3.75. The molecule has 1 amide bonds. The van der Waals surface area contributed by atoms with E-state index < -0.39 is 10.0 Å². The fourth-order valence-electron chi connectivity index (χ4n) is 2.54. The lowest BCUT2D eigenvalue weighted by molar-refractivity contribution is -0.118. The van der Waals surface area contributed by atoms with Crippen LogP contribution in [-0.4, -0.2) is 26.6 Å². The van der Waals surface area contributed by atoms with Gasteiger partial charge in [-0.25, -0.2) is 8.42 Å². The fraction of sp³-hybridized carbons (Fsp3) is 0.533. The van der Waals surface area contributed by atoms with Crippen molar-refractivity contribution in [2.24, 2.45) is 0 Å². The van der Waals surface area contributed by atoms with E-state index in [9.17, 15) is 13.2 Å². The second-order valence-corrected chi connectivity index (χ2v) is 7.10. The van der Waals surface area contributed by atoms with Crippen LogP contribution >= 0.6 is 0 Å². The van der Waals surface area contributed by atoms with Gasteiger partial charge in [0.05, 0.1) is 5.75 Å².